The third kappa shape index (κ3) is 2.66. The molecule has 7 heteroatoms. The number of hydrogen-bond acceptors (Lipinski definition) is 2. The highest BCUT2D eigenvalue weighted by molar-refractivity contribution is 9.10. The number of anilines is 1. The highest BCUT2D eigenvalue weighted by Crippen LogP contribution is 2.36. The molecule has 0 saturated heterocycles. The Morgan fingerprint density at radius 1 is 1.14 bits per heavy atom. The van der Waals surface area contributed by atoms with Gasteiger partial charge in [-0.05, 0) is 40.2 Å². The summed E-state index contributed by atoms with van der Waals surface area (Å²) in [5.41, 5.74) is 1.06. The molecule has 0 fully saturated rings. The van der Waals surface area contributed by atoms with Gasteiger partial charge in [-0.1, -0.05) is 29.9 Å². The lowest BCUT2D eigenvalue weighted by atomic mass is 9.99. The largest absolute Gasteiger partial charge is 0.348 e. The van der Waals surface area contributed by atoms with Gasteiger partial charge in [0.15, 0.2) is 0 Å². The molecule has 0 bridgehead atoms. The van der Waals surface area contributed by atoms with E-state index < -0.39 is 11.6 Å². The van der Waals surface area contributed by atoms with Crippen LogP contribution in [0.5, 0.6) is 0 Å². The lowest BCUT2D eigenvalue weighted by Gasteiger charge is -2.14. The minimum absolute atomic E-state index is 0.136. The average Bonchev–Trinajstić information content (AvgIpc) is 2.63. The molecule has 2 aromatic carbocycles. The maximum Gasteiger partial charge on any atom is 0.135 e. The molecule has 0 saturated carbocycles. The van der Waals surface area contributed by atoms with Gasteiger partial charge in [0.05, 0.1) is 22.8 Å². The van der Waals surface area contributed by atoms with Crippen molar-refractivity contribution in [2.45, 2.75) is 0 Å². The van der Waals surface area contributed by atoms with E-state index in [1.165, 1.54) is 18.2 Å². The van der Waals surface area contributed by atoms with Crippen LogP contribution in [0.3, 0.4) is 0 Å². The predicted molar refractivity (Wildman–Crippen MR) is 92.2 cm³/mol. The van der Waals surface area contributed by atoms with Gasteiger partial charge in [-0.2, -0.15) is 0 Å². The van der Waals surface area contributed by atoms with Crippen molar-refractivity contribution in [1.29, 1.82) is 0 Å². The first-order chi connectivity index (χ1) is 10.5. The summed E-state index contributed by atoms with van der Waals surface area (Å²) in [5.74, 6) is -1.38. The van der Waals surface area contributed by atoms with Crippen LogP contribution in [0.15, 0.2) is 39.8 Å². The average molecular weight is 402 g/mol. The molecule has 0 amide bonds. The van der Waals surface area contributed by atoms with Gasteiger partial charge < -0.3 is 5.32 Å². The van der Waals surface area contributed by atoms with Crippen LogP contribution in [-0.2, 0) is 0 Å². The fraction of sp³-hybridized carbons (Fsp3) is 0.0667. The van der Waals surface area contributed by atoms with E-state index in [1.54, 1.807) is 12.1 Å². The predicted octanol–water partition coefficient (Wildman–Crippen LogP) is 4.97. The van der Waals surface area contributed by atoms with Gasteiger partial charge in [0.1, 0.15) is 16.6 Å². The second kappa shape index (κ2) is 6.02. The van der Waals surface area contributed by atoms with E-state index in [9.17, 15) is 8.78 Å². The Labute approximate surface area is 144 Å². The van der Waals surface area contributed by atoms with Crippen molar-refractivity contribution in [3.05, 3.63) is 62.6 Å². The van der Waals surface area contributed by atoms with Crippen molar-refractivity contribution in [2.75, 3.05) is 11.9 Å². The van der Waals surface area contributed by atoms with E-state index in [-0.39, 0.29) is 17.8 Å². The number of nitrogens with one attached hydrogen (secondary N) is 1. The first-order valence-corrected chi connectivity index (χ1v) is 7.84. The fourth-order valence-electron chi connectivity index (χ4n) is 2.23. The minimum atomic E-state index is -0.690. The van der Waals surface area contributed by atoms with Crippen LogP contribution in [0, 0.1) is 11.6 Å². The van der Waals surface area contributed by atoms with E-state index in [0.29, 0.717) is 25.7 Å². The second-order valence-electron chi connectivity index (χ2n) is 4.59. The number of aliphatic imine (C=N–C) groups is 1. The van der Waals surface area contributed by atoms with E-state index in [0.717, 1.165) is 0 Å². The minimum Gasteiger partial charge on any atom is -0.348 e. The van der Waals surface area contributed by atoms with Crippen molar-refractivity contribution in [3.8, 4) is 0 Å². The summed E-state index contributed by atoms with van der Waals surface area (Å²) in [6, 6.07) is 7.06. The Balaban J connectivity index is 2.34. The number of nitrogens with zero attached hydrogens (tertiary/aromatic N) is 1. The van der Waals surface area contributed by atoms with Crippen molar-refractivity contribution >= 4 is 56.1 Å². The molecule has 1 aliphatic rings. The number of rotatable bonds is 1. The first-order valence-electron chi connectivity index (χ1n) is 6.26. The van der Waals surface area contributed by atoms with Crippen molar-refractivity contribution < 1.29 is 8.78 Å². The van der Waals surface area contributed by atoms with E-state index in [1.807, 2.05) is 0 Å². The number of benzene rings is 2. The van der Waals surface area contributed by atoms with Crippen LogP contribution in [-0.4, -0.2) is 17.2 Å². The van der Waals surface area contributed by atoms with Crippen LogP contribution in [0.1, 0.15) is 11.1 Å². The maximum absolute atomic E-state index is 14.2. The summed E-state index contributed by atoms with van der Waals surface area (Å²) in [7, 11) is 0. The fourth-order valence-corrected chi connectivity index (χ4v) is 3.10. The summed E-state index contributed by atoms with van der Waals surface area (Å²) < 4.78 is 28.8. The number of halogens is 4. The highest BCUT2D eigenvalue weighted by atomic mass is 79.9. The molecule has 1 heterocycles. The summed E-state index contributed by atoms with van der Waals surface area (Å²) >= 11 is 14.6. The van der Waals surface area contributed by atoms with E-state index in [4.69, 9.17) is 23.8 Å². The third-order valence-electron chi connectivity index (χ3n) is 3.19. The quantitative estimate of drug-likeness (QED) is 0.682. The van der Waals surface area contributed by atoms with Crippen LogP contribution in [0.25, 0.3) is 0 Å². The smallest absolute Gasteiger partial charge is 0.135 e. The molecule has 0 aliphatic carbocycles. The van der Waals surface area contributed by atoms with Crippen molar-refractivity contribution in [3.63, 3.8) is 0 Å². The highest BCUT2D eigenvalue weighted by Gasteiger charge is 2.25. The van der Waals surface area contributed by atoms with Gasteiger partial charge in [0.25, 0.3) is 0 Å². The molecule has 0 radical (unpaired) electrons. The lowest BCUT2D eigenvalue weighted by Crippen LogP contribution is -2.11. The zero-order valence-electron chi connectivity index (χ0n) is 11.0. The Kier molecular flexibility index (Phi) is 4.25. The number of benzodiazepines with no additional fused rings is 1. The zero-order chi connectivity index (χ0) is 15.9. The van der Waals surface area contributed by atoms with E-state index in [2.05, 4.69) is 26.2 Å². The Bertz CT molecular complexity index is 803. The summed E-state index contributed by atoms with van der Waals surface area (Å²) in [6.45, 7) is 0.136. The SMILES string of the molecule is Fc1cccc(F)c1C1=NCC(=S)Nc2ccc(Cl)c(Br)c21. The maximum atomic E-state index is 14.2. The van der Waals surface area contributed by atoms with Crippen LogP contribution >= 0.6 is 39.7 Å². The van der Waals surface area contributed by atoms with Gasteiger partial charge in [-0.3, -0.25) is 4.99 Å². The van der Waals surface area contributed by atoms with Gasteiger partial charge in [0.2, 0.25) is 0 Å². The normalized spacial score (nSPS) is 14.0. The number of thiocarbonyl (C=S) groups is 1. The van der Waals surface area contributed by atoms with Gasteiger partial charge in [0, 0.05) is 15.7 Å². The number of hydrogen-bond donors (Lipinski definition) is 1. The molecule has 0 spiro atoms. The molecule has 112 valence electrons. The third-order valence-corrected chi connectivity index (χ3v) is 4.78. The van der Waals surface area contributed by atoms with Crippen LogP contribution in [0.2, 0.25) is 5.02 Å². The molecule has 22 heavy (non-hydrogen) atoms. The zero-order valence-corrected chi connectivity index (χ0v) is 14.1. The molecule has 2 aromatic rings. The standard InChI is InChI=1S/C15H8BrClF2N2S/c16-14-7(17)4-5-10-13(14)15(20-6-11(22)21-10)12-8(18)2-1-3-9(12)19/h1-5H,6H2,(H,21,22). The second-order valence-corrected chi connectivity index (χ2v) is 6.29. The molecule has 1 N–H and O–H groups in total. The van der Waals surface area contributed by atoms with Gasteiger partial charge in [-0.15, -0.1) is 0 Å². The first kappa shape index (κ1) is 15.5. The molecule has 0 aromatic heterocycles. The van der Waals surface area contributed by atoms with Crippen LogP contribution in [0.4, 0.5) is 14.5 Å². The molecule has 3 rings (SSSR count). The summed E-state index contributed by atoms with van der Waals surface area (Å²) in [4.78, 5) is 4.74. The molecule has 1 aliphatic heterocycles. The van der Waals surface area contributed by atoms with Gasteiger partial charge >= 0.3 is 0 Å². The Morgan fingerprint density at radius 3 is 2.50 bits per heavy atom. The summed E-state index contributed by atoms with van der Waals surface area (Å²) in [5, 5.41) is 3.43. The molecule has 0 atom stereocenters. The summed E-state index contributed by atoms with van der Waals surface area (Å²) in [6.07, 6.45) is 0. The topological polar surface area (TPSA) is 24.4 Å². The number of fused-ring (bicyclic) bond motifs is 1. The van der Waals surface area contributed by atoms with E-state index >= 15 is 0 Å². The Hall–Kier alpha value is -1.37. The molecule has 0 unspecified atom stereocenters. The molecular formula is C15H8BrClF2N2S. The molecule has 2 nitrogen and oxygen atoms in total. The van der Waals surface area contributed by atoms with Crippen molar-refractivity contribution in [2.24, 2.45) is 4.99 Å². The van der Waals surface area contributed by atoms with Crippen molar-refractivity contribution in [1.82, 2.24) is 0 Å². The van der Waals surface area contributed by atoms with Crippen LogP contribution < -0.4 is 5.32 Å². The lowest BCUT2D eigenvalue weighted by molar-refractivity contribution is 0.579. The monoisotopic (exact) mass is 400 g/mol. The van der Waals surface area contributed by atoms with Gasteiger partial charge in [-0.25, -0.2) is 8.78 Å². The molecular weight excluding hydrogens is 394 g/mol. The Morgan fingerprint density at radius 2 is 1.82 bits per heavy atom.